The summed E-state index contributed by atoms with van der Waals surface area (Å²) in [6.07, 6.45) is 1.93. The summed E-state index contributed by atoms with van der Waals surface area (Å²) in [4.78, 5) is 0.429. The summed E-state index contributed by atoms with van der Waals surface area (Å²) in [6, 6.07) is 13.2. The highest BCUT2D eigenvalue weighted by Gasteiger charge is 2.20. The molecule has 1 atom stereocenters. The normalized spacial score (nSPS) is 13.5. The van der Waals surface area contributed by atoms with Crippen molar-refractivity contribution in [3.63, 3.8) is 0 Å². The van der Waals surface area contributed by atoms with Crippen molar-refractivity contribution >= 4 is 36.5 Å². The Bertz CT molecular complexity index is 680. The lowest BCUT2D eigenvalue weighted by Gasteiger charge is -2.13. The Balaban J connectivity index is 2.31. The molecule has 2 rings (SSSR count). The first-order valence-electron chi connectivity index (χ1n) is 6.84. The Kier molecular flexibility index (Phi) is 5.22. The third kappa shape index (κ3) is 3.61. The van der Waals surface area contributed by atoms with Crippen LogP contribution in [-0.4, -0.2) is 19.5 Å². The molecule has 0 aliphatic heterocycles. The Morgan fingerprint density at radius 1 is 1.10 bits per heavy atom. The molecule has 0 aliphatic rings. The highest BCUT2D eigenvalue weighted by molar-refractivity contribution is 9.09. The molecule has 0 N–H and O–H groups in total. The second kappa shape index (κ2) is 6.72. The number of hydrogen-bond acceptors (Lipinski definition) is 2. The van der Waals surface area contributed by atoms with Gasteiger partial charge < -0.3 is 0 Å². The van der Waals surface area contributed by atoms with Crippen LogP contribution in [0.2, 0.25) is 0 Å². The zero-order valence-electron chi connectivity index (χ0n) is 11.5. The number of alkyl halides is 1. The molecule has 0 bridgehead atoms. The van der Waals surface area contributed by atoms with Gasteiger partial charge in [-0.3, -0.25) is 0 Å². The van der Waals surface area contributed by atoms with Crippen molar-refractivity contribution in [2.24, 2.45) is 5.92 Å². The van der Waals surface area contributed by atoms with Gasteiger partial charge in [-0.15, -0.1) is 0 Å². The van der Waals surface area contributed by atoms with E-state index in [9.17, 15) is 8.42 Å². The standard InChI is InChI=1S/C16H19BrO2S/c1-2-5-13(11-17)12-20(18,19)16-9-8-14-6-3-4-7-15(14)10-16/h3-4,6-10,13H,2,5,11-12H2,1H3. The van der Waals surface area contributed by atoms with Gasteiger partial charge in [0.2, 0.25) is 0 Å². The van der Waals surface area contributed by atoms with Crippen LogP contribution in [0, 0.1) is 5.92 Å². The molecule has 2 aromatic rings. The topological polar surface area (TPSA) is 34.1 Å². The van der Waals surface area contributed by atoms with Gasteiger partial charge in [0.15, 0.2) is 9.84 Å². The fourth-order valence-electron chi connectivity index (χ4n) is 2.38. The monoisotopic (exact) mass is 354 g/mol. The molecule has 0 spiro atoms. The summed E-state index contributed by atoms with van der Waals surface area (Å²) in [6.45, 7) is 2.08. The van der Waals surface area contributed by atoms with Crippen LogP contribution in [0.25, 0.3) is 10.8 Å². The zero-order chi connectivity index (χ0) is 14.6. The lowest BCUT2D eigenvalue weighted by Crippen LogP contribution is -2.17. The van der Waals surface area contributed by atoms with Crippen molar-refractivity contribution in [1.29, 1.82) is 0 Å². The molecule has 0 saturated heterocycles. The number of rotatable bonds is 6. The molecule has 0 aliphatic carbocycles. The van der Waals surface area contributed by atoms with Crippen LogP contribution in [0.5, 0.6) is 0 Å². The first-order valence-corrected chi connectivity index (χ1v) is 9.61. The second-order valence-electron chi connectivity index (χ2n) is 5.10. The van der Waals surface area contributed by atoms with Crippen LogP contribution in [0.15, 0.2) is 47.4 Å². The number of fused-ring (bicyclic) bond motifs is 1. The van der Waals surface area contributed by atoms with Gasteiger partial charge in [0.1, 0.15) is 0 Å². The molecule has 4 heteroatoms. The van der Waals surface area contributed by atoms with Crippen LogP contribution in [0.4, 0.5) is 0 Å². The van der Waals surface area contributed by atoms with Gasteiger partial charge in [0.25, 0.3) is 0 Å². The Labute approximate surface area is 129 Å². The van der Waals surface area contributed by atoms with Crippen molar-refractivity contribution < 1.29 is 8.42 Å². The average Bonchev–Trinajstić information content (AvgIpc) is 2.46. The predicted molar refractivity (Wildman–Crippen MR) is 88.2 cm³/mol. The van der Waals surface area contributed by atoms with Gasteiger partial charge in [0, 0.05) is 5.33 Å². The third-order valence-corrected chi connectivity index (χ3v) is 6.25. The Morgan fingerprint density at radius 3 is 2.45 bits per heavy atom. The number of hydrogen-bond donors (Lipinski definition) is 0. The molecule has 0 saturated carbocycles. The third-order valence-electron chi connectivity index (χ3n) is 3.45. The van der Waals surface area contributed by atoms with Gasteiger partial charge in [-0.05, 0) is 35.2 Å². The van der Waals surface area contributed by atoms with E-state index in [4.69, 9.17) is 0 Å². The first kappa shape index (κ1) is 15.5. The fourth-order valence-corrected chi connectivity index (χ4v) is 4.92. The predicted octanol–water partition coefficient (Wildman–Crippen LogP) is 4.42. The lowest BCUT2D eigenvalue weighted by atomic mass is 10.1. The smallest absolute Gasteiger partial charge is 0.178 e. The van der Waals surface area contributed by atoms with E-state index in [2.05, 4.69) is 22.9 Å². The summed E-state index contributed by atoms with van der Waals surface area (Å²) in [7, 11) is -3.22. The second-order valence-corrected chi connectivity index (χ2v) is 7.78. The minimum atomic E-state index is -3.22. The summed E-state index contributed by atoms with van der Waals surface area (Å²) >= 11 is 3.42. The molecule has 0 fully saturated rings. The van der Waals surface area contributed by atoms with E-state index in [1.165, 1.54) is 0 Å². The minimum absolute atomic E-state index is 0.177. The lowest BCUT2D eigenvalue weighted by molar-refractivity contribution is 0.552. The number of sulfone groups is 1. The van der Waals surface area contributed by atoms with Crippen molar-refractivity contribution in [2.75, 3.05) is 11.1 Å². The molecular weight excluding hydrogens is 336 g/mol. The van der Waals surface area contributed by atoms with Crippen molar-refractivity contribution in [3.8, 4) is 0 Å². The van der Waals surface area contributed by atoms with Crippen LogP contribution in [0.1, 0.15) is 19.8 Å². The largest absolute Gasteiger partial charge is 0.224 e. The van der Waals surface area contributed by atoms with Crippen molar-refractivity contribution in [3.05, 3.63) is 42.5 Å². The SMILES string of the molecule is CCCC(CBr)CS(=O)(=O)c1ccc2ccccc2c1. The molecule has 1 unspecified atom stereocenters. The number of halogens is 1. The van der Waals surface area contributed by atoms with E-state index in [1.54, 1.807) is 12.1 Å². The van der Waals surface area contributed by atoms with E-state index < -0.39 is 9.84 Å². The molecule has 0 heterocycles. The van der Waals surface area contributed by atoms with Gasteiger partial charge in [-0.1, -0.05) is 59.6 Å². The van der Waals surface area contributed by atoms with Crippen LogP contribution in [-0.2, 0) is 9.84 Å². The van der Waals surface area contributed by atoms with Gasteiger partial charge in [0.05, 0.1) is 10.6 Å². The summed E-state index contributed by atoms with van der Waals surface area (Å²) in [5.74, 6) is 0.390. The van der Waals surface area contributed by atoms with Gasteiger partial charge >= 0.3 is 0 Å². The molecule has 0 aromatic heterocycles. The van der Waals surface area contributed by atoms with Gasteiger partial charge in [-0.25, -0.2) is 8.42 Å². The maximum absolute atomic E-state index is 12.5. The molecular formula is C16H19BrO2S. The Hall–Kier alpha value is -0.870. The molecule has 0 radical (unpaired) electrons. The molecule has 108 valence electrons. The van der Waals surface area contributed by atoms with Crippen molar-refractivity contribution in [1.82, 2.24) is 0 Å². The maximum Gasteiger partial charge on any atom is 0.178 e. The van der Waals surface area contributed by atoms with E-state index in [0.29, 0.717) is 4.90 Å². The maximum atomic E-state index is 12.5. The molecule has 2 aromatic carbocycles. The average molecular weight is 355 g/mol. The zero-order valence-corrected chi connectivity index (χ0v) is 14.0. The first-order chi connectivity index (χ1) is 9.56. The molecule has 20 heavy (non-hydrogen) atoms. The van der Waals surface area contributed by atoms with E-state index >= 15 is 0 Å². The van der Waals surface area contributed by atoms with E-state index in [0.717, 1.165) is 28.9 Å². The summed E-state index contributed by atoms with van der Waals surface area (Å²) in [5.41, 5.74) is 0. The van der Waals surface area contributed by atoms with Crippen molar-refractivity contribution in [2.45, 2.75) is 24.7 Å². The summed E-state index contributed by atoms with van der Waals surface area (Å²) in [5, 5.41) is 2.77. The highest BCUT2D eigenvalue weighted by atomic mass is 79.9. The fraction of sp³-hybridized carbons (Fsp3) is 0.375. The van der Waals surface area contributed by atoms with Crippen LogP contribution < -0.4 is 0 Å². The Morgan fingerprint density at radius 2 is 1.80 bits per heavy atom. The number of benzene rings is 2. The summed E-state index contributed by atoms with van der Waals surface area (Å²) < 4.78 is 25.0. The quantitative estimate of drug-likeness (QED) is 0.719. The van der Waals surface area contributed by atoms with Crippen LogP contribution in [0.3, 0.4) is 0 Å². The molecule has 0 amide bonds. The van der Waals surface area contributed by atoms with E-state index in [1.807, 2.05) is 30.3 Å². The van der Waals surface area contributed by atoms with E-state index in [-0.39, 0.29) is 11.7 Å². The molecule has 2 nitrogen and oxygen atoms in total. The van der Waals surface area contributed by atoms with Gasteiger partial charge in [-0.2, -0.15) is 0 Å². The highest BCUT2D eigenvalue weighted by Crippen LogP contribution is 2.23. The van der Waals surface area contributed by atoms with Crippen LogP contribution >= 0.6 is 15.9 Å². The minimum Gasteiger partial charge on any atom is -0.224 e.